The summed E-state index contributed by atoms with van der Waals surface area (Å²) in [4.78, 5) is 22.8. The monoisotopic (exact) mass is 281 g/mol. The number of amides is 1. The number of carboxylic acid groups (broad SMARTS) is 1. The summed E-state index contributed by atoms with van der Waals surface area (Å²) in [6, 6.07) is 10.2. The molecule has 0 unspecified atom stereocenters. The lowest BCUT2D eigenvalue weighted by atomic mass is 10.1. The zero-order valence-electron chi connectivity index (χ0n) is 10.8. The van der Waals surface area contributed by atoms with E-state index in [0.717, 1.165) is 0 Å². The van der Waals surface area contributed by atoms with Crippen molar-refractivity contribution in [2.45, 2.75) is 0 Å². The van der Waals surface area contributed by atoms with Gasteiger partial charge in [-0.3, -0.25) is 4.79 Å². The van der Waals surface area contributed by atoms with Crippen LogP contribution in [0.2, 0.25) is 0 Å². The molecule has 0 saturated carbocycles. The molecule has 0 spiro atoms. The molecule has 104 valence electrons. The van der Waals surface area contributed by atoms with Crippen LogP contribution in [0.25, 0.3) is 0 Å². The summed E-state index contributed by atoms with van der Waals surface area (Å²) in [6.45, 7) is 0. The molecular weight excluding hydrogens is 270 g/mol. The van der Waals surface area contributed by atoms with Crippen molar-refractivity contribution in [1.82, 2.24) is 0 Å². The van der Waals surface area contributed by atoms with Crippen LogP contribution in [0.5, 0.6) is 5.75 Å². The number of phenols is 1. The van der Waals surface area contributed by atoms with Crippen LogP contribution < -0.4 is 5.32 Å². The first-order valence-electron chi connectivity index (χ1n) is 5.95. The van der Waals surface area contributed by atoms with Crippen molar-refractivity contribution in [2.24, 2.45) is 0 Å². The zero-order chi connectivity index (χ0) is 15.4. The number of hydrogen-bond acceptors (Lipinski definition) is 3. The molecule has 2 aromatic rings. The van der Waals surface area contributed by atoms with Gasteiger partial charge in [-0.1, -0.05) is 5.92 Å². The maximum absolute atomic E-state index is 12.0. The molecular formula is C16H11NO4. The highest BCUT2D eigenvalue weighted by Crippen LogP contribution is 2.22. The SMILES string of the molecule is C#Cc1ccc(C(=O)Nc2ccc(C(=O)O)c(O)c2)cc1. The van der Waals surface area contributed by atoms with Crippen LogP contribution in [-0.4, -0.2) is 22.1 Å². The Balaban J connectivity index is 2.17. The average molecular weight is 281 g/mol. The molecule has 0 atom stereocenters. The van der Waals surface area contributed by atoms with E-state index >= 15 is 0 Å². The molecule has 0 radical (unpaired) electrons. The number of anilines is 1. The van der Waals surface area contributed by atoms with E-state index in [9.17, 15) is 14.7 Å². The third-order valence-electron chi connectivity index (χ3n) is 2.80. The van der Waals surface area contributed by atoms with Crippen molar-refractivity contribution in [1.29, 1.82) is 0 Å². The van der Waals surface area contributed by atoms with Gasteiger partial charge in [-0.25, -0.2) is 4.79 Å². The molecule has 21 heavy (non-hydrogen) atoms. The van der Waals surface area contributed by atoms with Gasteiger partial charge in [-0.05, 0) is 36.4 Å². The summed E-state index contributed by atoms with van der Waals surface area (Å²) in [6.07, 6.45) is 5.23. The van der Waals surface area contributed by atoms with E-state index in [4.69, 9.17) is 11.5 Å². The summed E-state index contributed by atoms with van der Waals surface area (Å²) in [5.74, 6) is 0.404. The van der Waals surface area contributed by atoms with Crippen LogP contribution >= 0.6 is 0 Å². The minimum absolute atomic E-state index is 0.230. The van der Waals surface area contributed by atoms with Crippen LogP contribution in [0.1, 0.15) is 26.3 Å². The Morgan fingerprint density at radius 3 is 2.29 bits per heavy atom. The fourth-order valence-corrected chi connectivity index (χ4v) is 1.71. The number of carbonyl (C=O) groups excluding carboxylic acids is 1. The van der Waals surface area contributed by atoms with Gasteiger partial charge in [0, 0.05) is 22.9 Å². The second kappa shape index (κ2) is 5.80. The Morgan fingerprint density at radius 2 is 1.76 bits per heavy atom. The fraction of sp³-hybridized carbons (Fsp3) is 0. The van der Waals surface area contributed by atoms with E-state index in [1.807, 2.05) is 0 Å². The van der Waals surface area contributed by atoms with E-state index in [-0.39, 0.29) is 11.5 Å². The van der Waals surface area contributed by atoms with Gasteiger partial charge in [-0.15, -0.1) is 6.42 Å². The summed E-state index contributed by atoms with van der Waals surface area (Å²) < 4.78 is 0. The van der Waals surface area contributed by atoms with Crippen LogP contribution in [0.15, 0.2) is 42.5 Å². The predicted molar refractivity (Wildman–Crippen MR) is 77.4 cm³/mol. The zero-order valence-corrected chi connectivity index (χ0v) is 10.8. The summed E-state index contributed by atoms with van der Waals surface area (Å²) in [5, 5.41) is 20.9. The van der Waals surface area contributed by atoms with Crippen molar-refractivity contribution in [2.75, 3.05) is 5.32 Å². The second-order valence-electron chi connectivity index (χ2n) is 4.21. The maximum Gasteiger partial charge on any atom is 0.339 e. The summed E-state index contributed by atoms with van der Waals surface area (Å²) in [7, 11) is 0. The molecule has 0 aliphatic heterocycles. The molecule has 0 heterocycles. The third kappa shape index (κ3) is 3.19. The molecule has 5 nitrogen and oxygen atoms in total. The standard InChI is InChI=1S/C16H11NO4/c1-2-10-3-5-11(6-4-10)15(19)17-12-7-8-13(16(20)21)14(18)9-12/h1,3-9,18H,(H,17,19)(H,20,21). The lowest BCUT2D eigenvalue weighted by Gasteiger charge is -2.07. The maximum atomic E-state index is 12.0. The van der Waals surface area contributed by atoms with E-state index in [0.29, 0.717) is 16.8 Å². The molecule has 0 aliphatic carbocycles. The van der Waals surface area contributed by atoms with E-state index in [1.165, 1.54) is 18.2 Å². The van der Waals surface area contributed by atoms with Gasteiger partial charge >= 0.3 is 5.97 Å². The lowest BCUT2D eigenvalue weighted by Crippen LogP contribution is -2.12. The van der Waals surface area contributed by atoms with Gasteiger partial charge < -0.3 is 15.5 Å². The number of rotatable bonds is 3. The van der Waals surface area contributed by atoms with Crippen LogP contribution in [0.4, 0.5) is 5.69 Å². The molecule has 0 bridgehead atoms. The smallest absolute Gasteiger partial charge is 0.339 e. The van der Waals surface area contributed by atoms with E-state index in [1.54, 1.807) is 24.3 Å². The Kier molecular flexibility index (Phi) is 3.91. The molecule has 1 amide bonds. The molecule has 3 N–H and O–H groups in total. The number of aromatic hydroxyl groups is 1. The highest BCUT2D eigenvalue weighted by molar-refractivity contribution is 6.04. The number of aromatic carboxylic acids is 1. The Bertz CT molecular complexity index is 742. The Hall–Kier alpha value is -3.26. The van der Waals surface area contributed by atoms with E-state index in [2.05, 4.69) is 11.2 Å². The van der Waals surface area contributed by atoms with Crippen LogP contribution in [0.3, 0.4) is 0 Å². The third-order valence-corrected chi connectivity index (χ3v) is 2.80. The highest BCUT2D eigenvalue weighted by atomic mass is 16.4. The molecule has 2 rings (SSSR count). The first-order chi connectivity index (χ1) is 10.0. The number of nitrogens with one attached hydrogen (secondary N) is 1. The van der Waals surface area contributed by atoms with Gasteiger partial charge in [0.2, 0.25) is 0 Å². The first kappa shape index (κ1) is 14.2. The lowest BCUT2D eigenvalue weighted by molar-refractivity contribution is 0.0693. The van der Waals surface area contributed by atoms with Crippen molar-refractivity contribution < 1.29 is 19.8 Å². The number of carboxylic acids is 1. The van der Waals surface area contributed by atoms with Gasteiger partial charge in [0.1, 0.15) is 11.3 Å². The second-order valence-corrected chi connectivity index (χ2v) is 4.21. The molecule has 2 aromatic carbocycles. The molecule has 0 aromatic heterocycles. The van der Waals surface area contributed by atoms with Gasteiger partial charge in [0.15, 0.2) is 0 Å². The largest absolute Gasteiger partial charge is 0.507 e. The fourth-order valence-electron chi connectivity index (χ4n) is 1.71. The van der Waals surface area contributed by atoms with Gasteiger partial charge in [0.25, 0.3) is 5.91 Å². The summed E-state index contributed by atoms with van der Waals surface area (Å²) in [5.41, 5.74) is 1.13. The van der Waals surface area contributed by atoms with Crippen molar-refractivity contribution in [3.8, 4) is 18.1 Å². The number of benzene rings is 2. The molecule has 0 saturated heterocycles. The number of terminal acetylenes is 1. The normalized spacial score (nSPS) is 9.67. The Morgan fingerprint density at radius 1 is 1.10 bits per heavy atom. The molecule has 0 aliphatic rings. The topological polar surface area (TPSA) is 86.6 Å². The van der Waals surface area contributed by atoms with Crippen molar-refractivity contribution in [3.05, 3.63) is 59.2 Å². The number of hydrogen-bond donors (Lipinski definition) is 3. The first-order valence-corrected chi connectivity index (χ1v) is 5.95. The number of carbonyl (C=O) groups is 2. The van der Waals surface area contributed by atoms with Crippen LogP contribution in [0, 0.1) is 12.3 Å². The van der Waals surface area contributed by atoms with Crippen molar-refractivity contribution in [3.63, 3.8) is 0 Å². The molecule has 5 heteroatoms. The van der Waals surface area contributed by atoms with Crippen molar-refractivity contribution >= 4 is 17.6 Å². The highest BCUT2D eigenvalue weighted by Gasteiger charge is 2.11. The van der Waals surface area contributed by atoms with Gasteiger partial charge in [0.05, 0.1) is 0 Å². The summed E-state index contributed by atoms with van der Waals surface area (Å²) >= 11 is 0. The molecule has 0 fully saturated rings. The minimum atomic E-state index is -1.24. The van der Waals surface area contributed by atoms with Crippen LogP contribution in [-0.2, 0) is 0 Å². The van der Waals surface area contributed by atoms with Gasteiger partial charge in [-0.2, -0.15) is 0 Å². The average Bonchev–Trinajstić information content (AvgIpc) is 2.47. The van der Waals surface area contributed by atoms with E-state index < -0.39 is 11.7 Å². The Labute approximate surface area is 120 Å². The minimum Gasteiger partial charge on any atom is -0.507 e. The quantitative estimate of drug-likeness (QED) is 0.753. The predicted octanol–water partition coefficient (Wildman–Crippen LogP) is 2.32.